The molecule has 2 rings (SSSR count). The lowest BCUT2D eigenvalue weighted by Crippen LogP contribution is -2.25. The fourth-order valence-corrected chi connectivity index (χ4v) is 2.50. The van der Waals surface area contributed by atoms with Crippen LogP contribution in [0, 0.1) is 11.8 Å². The normalized spacial score (nSPS) is 23.5. The van der Waals surface area contributed by atoms with Gasteiger partial charge in [-0.05, 0) is 12.3 Å². The van der Waals surface area contributed by atoms with Gasteiger partial charge in [0.25, 0.3) is 0 Å². The van der Waals surface area contributed by atoms with Gasteiger partial charge in [-0.3, -0.25) is 4.79 Å². The number of amides is 1. The zero-order valence-electron chi connectivity index (χ0n) is 9.99. The van der Waals surface area contributed by atoms with Gasteiger partial charge in [0.15, 0.2) is 0 Å². The SMILES string of the molecule is CC(C)c1nc(CNC(=O)[C@@H]2C[C@@H]2C)cs1. The van der Waals surface area contributed by atoms with Crippen LogP contribution in [0.4, 0.5) is 0 Å². The van der Waals surface area contributed by atoms with Crippen LogP contribution in [0.25, 0.3) is 0 Å². The van der Waals surface area contributed by atoms with Gasteiger partial charge in [0.05, 0.1) is 17.2 Å². The molecule has 0 bridgehead atoms. The summed E-state index contributed by atoms with van der Waals surface area (Å²) in [5.74, 6) is 1.48. The van der Waals surface area contributed by atoms with Crippen molar-refractivity contribution in [2.45, 2.75) is 39.7 Å². The second-order valence-corrected chi connectivity index (χ2v) is 5.76. The molecule has 4 heteroatoms. The second-order valence-electron chi connectivity index (χ2n) is 4.87. The minimum absolute atomic E-state index is 0.187. The molecule has 1 aliphatic carbocycles. The highest BCUT2D eigenvalue weighted by molar-refractivity contribution is 7.09. The number of aromatic nitrogens is 1. The largest absolute Gasteiger partial charge is 0.350 e. The molecule has 1 aromatic heterocycles. The molecule has 0 aliphatic heterocycles. The summed E-state index contributed by atoms with van der Waals surface area (Å²) >= 11 is 1.67. The number of nitrogens with one attached hydrogen (secondary N) is 1. The summed E-state index contributed by atoms with van der Waals surface area (Å²) in [6.45, 7) is 6.95. The average molecular weight is 238 g/mol. The Bertz CT molecular complexity index is 386. The van der Waals surface area contributed by atoms with E-state index < -0.39 is 0 Å². The zero-order chi connectivity index (χ0) is 11.7. The molecule has 0 spiro atoms. The summed E-state index contributed by atoms with van der Waals surface area (Å²) in [6.07, 6.45) is 1.04. The van der Waals surface area contributed by atoms with Crippen LogP contribution >= 0.6 is 11.3 Å². The van der Waals surface area contributed by atoms with E-state index in [9.17, 15) is 4.79 Å². The van der Waals surface area contributed by atoms with Crippen molar-refractivity contribution < 1.29 is 4.79 Å². The van der Waals surface area contributed by atoms with Gasteiger partial charge in [-0.15, -0.1) is 11.3 Å². The summed E-state index contributed by atoms with van der Waals surface area (Å²) in [5.41, 5.74) is 0.982. The summed E-state index contributed by atoms with van der Waals surface area (Å²) in [6, 6.07) is 0. The maximum absolute atomic E-state index is 11.6. The number of carbonyl (C=O) groups is 1. The third kappa shape index (κ3) is 2.61. The smallest absolute Gasteiger partial charge is 0.223 e. The van der Waals surface area contributed by atoms with E-state index >= 15 is 0 Å². The Morgan fingerprint density at radius 1 is 1.69 bits per heavy atom. The van der Waals surface area contributed by atoms with Crippen LogP contribution in [0.1, 0.15) is 43.8 Å². The highest BCUT2D eigenvalue weighted by Crippen LogP contribution is 2.37. The maximum Gasteiger partial charge on any atom is 0.223 e. The van der Waals surface area contributed by atoms with Crippen LogP contribution in [0.3, 0.4) is 0 Å². The Morgan fingerprint density at radius 2 is 2.38 bits per heavy atom. The lowest BCUT2D eigenvalue weighted by molar-refractivity contribution is -0.122. The lowest BCUT2D eigenvalue weighted by Gasteiger charge is -2.01. The van der Waals surface area contributed by atoms with E-state index in [-0.39, 0.29) is 11.8 Å². The predicted octanol–water partition coefficient (Wildman–Crippen LogP) is 2.54. The Hall–Kier alpha value is -0.900. The maximum atomic E-state index is 11.6. The average Bonchev–Trinajstić information content (AvgIpc) is 2.80. The topological polar surface area (TPSA) is 42.0 Å². The Labute approximate surface area is 100 Å². The van der Waals surface area contributed by atoms with E-state index in [4.69, 9.17) is 0 Å². The molecule has 0 radical (unpaired) electrons. The molecular formula is C12H18N2OS. The summed E-state index contributed by atoms with van der Waals surface area (Å²) in [5, 5.41) is 6.13. The van der Waals surface area contributed by atoms with Crippen LogP contribution in [0.5, 0.6) is 0 Å². The monoisotopic (exact) mass is 238 g/mol. The van der Waals surface area contributed by atoms with Gasteiger partial charge in [0.1, 0.15) is 0 Å². The molecule has 1 aromatic rings. The Balaban J connectivity index is 1.82. The number of nitrogens with zero attached hydrogens (tertiary/aromatic N) is 1. The number of rotatable bonds is 4. The molecular weight excluding hydrogens is 220 g/mol. The summed E-state index contributed by atoms with van der Waals surface area (Å²) in [4.78, 5) is 16.1. The van der Waals surface area contributed by atoms with E-state index in [2.05, 4.69) is 31.1 Å². The first-order chi connectivity index (χ1) is 7.58. The van der Waals surface area contributed by atoms with Gasteiger partial charge in [-0.1, -0.05) is 20.8 Å². The molecule has 1 amide bonds. The summed E-state index contributed by atoms with van der Waals surface area (Å²) < 4.78 is 0. The van der Waals surface area contributed by atoms with E-state index in [1.165, 1.54) is 0 Å². The van der Waals surface area contributed by atoms with E-state index in [0.717, 1.165) is 17.1 Å². The third-order valence-electron chi connectivity index (χ3n) is 2.95. The first-order valence-corrected chi connectivity index (χ1v) is 6.68. The van der Waals surface area contributed by atoms with Crippen molar-refractivity contribution in [2.24, 2.45) is 11.8 Å². The Kier molecular flexibility index (Phi) is 3.28. The van der Waals surface area contributed by atoms with Gasteiger partial charge < -0.3 is 5.32 Å². The van der Waals surface area contributed by atoms with E-state index in [1.807, 2.05) is 5.38 Å². The molecule has 0 aromatic carbocycles. The number of carbonyl (C=O) groups excluding carboxylic acids is 1. The van der Waals surface area contributed by atoms with Crippen molar-refractivity contribution in [3.63, 3.8) is 0 Å². The molecule has 16 heavy (non-hydrogen) atoms. The molecule has 1 N–H and O–H groups in total. The van der Waals surface area contributed by atoms with Crippen LogP contribution < -0.4 is 5.32 Å². The predicted molar refractivity (Wildman–Crippen MR) is 65.3 cm³/mol. The highest BCUT2D eigenvalue weighted by Gasteiger charge is 2.38. The van der Waals surface area contributed by atoms with Crippen LogP contribution in [-0.2, 0) is 11.3 Å². The highest BCUT2D eigenvalue weighted by atomic mass is 32.1. The quantitative estimate of drug-likeness (QED) is 0.876. The van der Waals surface area contributed by atoms with Crippen molar-refractivity contribution in [3.05, 3.63) is 16.1 Å². The van der Waals surface area contributed by atoms with Crippen LogP contribution in [0.15, 0.2) is 5.38 Å². The second kappa shape index (κ2) is 4.53. The van der Waals surface area contributed by atoms with Crippen LogP contribution in [-0.4, -0.2) is 10.9 Å². The number of hydrogen-bond acceptors (Lipinski definition) is 3. The first-order valence-electron chi connectivity index (χ1n) is 5.80. The van der Waals surface area contributed by atoms with Crippen molar-refractivity contribution in [1.29, 1.82) is 0 Å². The van der Waals surface area contributed by atoms with Gasteiger partial charge in [-0.2, -0.15) is 0 Å². The first kappa shape index (κ1) is 11.6. The lowest BCUT2D eigenvalue weighted by atomic mass is 10.2. The minimum Gasteiger partial charge on any atom is -0.350 e. The van der Waals surface area contributed by atoms with Crippen molar-refractivity contribution in [2.75, 3.05) is 0 Å². The number of hydrogen-bond donors (Lipinski definition) is 1. The third-order valence-corrected chi connectivity index (χ3v) is 4.15. The summed E-state index contributed by atoms with van der Waals surface area (Å²) in [7, 11) is 0. The molecule has 88 valence electrons. The van der Waals surface area contributed by atoms with Crippen LogP contribution in [0.2, 0.25) is 0 Å². The van der Waals surface area contributed by atoms with Gasteiger partial charge >= 0.3 is 0 Å². The Morgan fingerprint density at radius 3 is 2.88 bits per heavy atom. The zero-order valence-corrected chi connectivity index (χ0v) is 10.8. The fraction of sp³-hybridized carbons (Fsp3) is 0.667. The van der Waals surface area contributed by atoms with E-state index in [0.29, 0.717) is 18.4 Å². The molecule has 1 fully saturated rings. The molecule has 0 saturated heterocycles. The number of thiazole rings is 1. The molecule has 1 aliphatic rings. The molecule has 0 unspecified atom stereocenters. The standard InChI is InChI=1S/C12H18N2OS/c1-7(2)12-14-9(6-16-12)5-13-11(15)10-4-8(10)3/h6-8,10H,4-5H2,1-3H3,(H,13,15)/t8-,10+/m0/s1. The van der Waals surface area contributed by atoms with Crippen molar-refractivity contribution >= 4 is 17.2 Å². The fourth-order valence-electron chi connectivity index (χ4n) is 1.67. The molecule has 1 saturated carbocycles. The molecule has 1 heterocycles. The van der Waals surface area contributed by atoms with Crippen molar-refractivity contribution in [1.82, 2.24) is 10.3 Å². The van der Waals surface area contributed by atoms with Gasteiger partial charge in [0.2, 0.25) is 5.91 Å². The van der Waals surface area contributed by atoms with E-state index in [1.54, 1.807) is 11.3 Å². The molecule has 2 atom stereocenters. The van der Waals surface area contributed by atoms with Crippen molar-refractivity contribution in [3.8, 4) is 0 Å². The van der Waals surface area contributed by atoms with Gasteiger partial charge in [-0.25, -0.2) is 4.98 Å². The molecule has 3 nitrogen and oxygen atoms in total. The minimum atomic E-state index is 0.187. The van der Waals surface area contributed by atoms with Gasteiger partial charge in [0, 0.05) is 17.2 Å².